The van der Waals surface area contributed by atoms with Crippen molar-refractivity contribution in [1.29, 1.82) is 0 Å². The van der Waals surface area contributed by atoms with E-state index in [4.69, 9.17) is 4.74 Å². The molecule has 0 atom stereocenters. The summed E-state index contributed by atoms with van der Waals surface area (Å²) >= 11 is 3.33. The third kappa shape index (κ3) is 4.35. The zero-order valence-electron chi connectivity index (χ0n) is 11.1. The van der Waals surface area contributed by atoms with Crippen molar-refractivity contribution in [2.24, 2.45) is 0 Å². The third-order valence-electron chi connectivity index (χ3n) is 2.63. The van der Waals surface area contributed by atoms with Crippen LogP contribution in [-0.2, 0) is 4.79 Å². The van der Waals surface area contributed by atoms with Gasteiger partial charge in [-0.1, -0.05) is 12.1 Å². The normalized spacial score (nSPS) is 10.1. The molecule has 0 aliphatic rings. The molecule has 0 aliphatic heterocycles. The lowest BCUT2D eigenvalue weighted by Gasteiger charge is -2.08. The van der Waals surface area contributed by atoms with Gasteiger partial charge in [-0.2, -0.15) is 0 Å². The molecule has 0 saturated carbocycles. The Morgan fingerprint density at radius 1 is 1.40 bits per heavy atom. The molecule has 0 radical (unpaired) electrons. The van der Waals surface area contributed by atoms with Crippen LogP contribution >= 0.6 is 15.9 Å². The van der Waals surface area contributed by atoms with Gasteiger partial charge >= 0.3 is 0 Å². The van der Waals surface area contributed by atoms with Crippen molar-refractivity contribution in [2.75, 3.05) is 11.9 Å². The lowest BCUT2D eigenvalue weighted by molar-refractivity contribution is -0.116. The Labute approximate surface area is 126 Å². The van der Waals surface area contributed by atoms with Crippen LogP contribution in [0.2, 0.25) is 0 Å². The molecular formula is C15H15BrN2O2. The van der Waals surface area contributed by atoms with Crippen LogP contribution in [0.5, 0.6) is 5.75 Å². The minimum Gasteiger partial charge on any atom is -0.493 e. The second-order valence-corrected chi connectivity index (χ2v) is 5.17. The van der Waals surface area contributed by atoms with Gasteiger partial charge in [-0.25, -0.2) is 0 Å². The van der Waals surface area contributed by atoms with Crippen LogP contribution in [-0.4, -0.2) is 17.5 Å². The van der Waals surface area contributed by atoms with E-state index in [1.807, 2.05) is 31.2 Å². The van der Waals surface area contributed by atoms with Crippen LogP contribution in [0.1, 0.15) is 12.0 Å². The van der Waals surface area contributed by atoms with E-state index < -0.39 is 0 Å². The van der Waals surface area contributed by atoms with Crippen LogP contribution in [0.3, 0.4) is 0 Å². The molecule has 0 unspecified atom stereocenters. The quantitative estimate of drug-likeness (QED) is 0.909. The first-order chi connectivity index (χ1) is 9.65. The fourth-order valence-electron chi connectivity index (χ4n) is 1.66. The van der Waals surface area contributed by atoms with Crippen molar-refractivity contribution in [3.8, 4) is 5.75 Å². The van der Waals surface area contributed by atoms with Crippen LogP contribution in [0.4, 0.5) is 5.69 Å². The molecule has 1 N–H and O–H groups in total. The number of halogens is 1. The molecule has 0 saturated heterocycles. The number of aromatic nitrogens is 1. The highest BCUT2D eigenvalue weighted by Crippen LogP contribution is 2.20. The minimum atomic E-state index is -0.0930. The molecule has 4 nitrogen and oxygen atoms in total. The summed E-state index contributed by atoms with van der Waals surface area (Å²) in [7, 11) is 0. The zero-order chi connectivity index (χ0) is 14.4. The second kappa shape index (κ2) is 7.05. The molecule has 0 fully saturated rings. The second-order valence-electron chi connectivity index (χ2n) is 4.32. The number of amides is 1. The number of benzene rings is 1. The van der Waals surface area contributed by atoms with E-state index in [1.54, 1.807) is 18.5 Å². The number of ether oxygens (including phenoxy) is 1. The summed E-state index contributed by atoms with van der Waals surface area (Å²) < 4.78 is 6.30. The summed E-state index contributed by atoms with van der Waals surface area (Å²) in [6, 6.07) is 9.49. The van der Waals surface area contributed by atoms with Gasteiger partial charge in [0, 0.05) is 12.4 Å². The number of rotatable bonds is 5. The van der Waals surface area contributed by atoms with E-state index in [2.05, 4.69) is 26.2 Å². The average molecular weight is 335 g/mol. The molecule has 104 valence electrons. The number of nitrogens with zero attached hydrogens (tertiary/aromatic N) is 1. The standard InChI is InChI=1S/C15H15BrN2O2/c1-11-3-2-4-12(9-11)20-8-6-15(19)18-14-5-7-17-10-13(14)16/h2-5,7,9-10H,6,8H2,1H3,(H,17,18,19). The maximum atomic E-state index is 11.8. The van der Waals surface area contributed by atoms with Crippen LogP contribution in [0, 0.1) is 6.92 Å². The van der Waals surface area contributed by atoms with Gasteiger partial charge in [0.2, 0.25) is 5.91 Å². The van der Waals surface area contributed by atoms with E-state index in [0.717, 1.165) is 15.8 Å². The molecule has 1 aromatic carbocycles. The first-order valence-electron chi connectivity index (χ1n) is 6.24. The molecule has 20 heavy (non-hydrogen) atoms. The lowest BCUT2D eigenvalue weighted by Crippen LogP contribution is -2.15. The van der Waals surface area contributed by atoms with Crippen LogP contribution in [0.25, 0.3) is 0 Å². The Bertz CT molecular complexity index is 602. The molecule has 5 heteroatoms. The van der Waals surface area contributed by atoms with Crippen molar-refractivity contribution >= 4 is 27.5 Å². The largest absolute Gasteiger partial charge is 0.493 e. The molecule has 1 heterocycles. The van der Waals surface area contributed by atoms with Gasteiger partial charge in [0.05, 0.1) is 23.2 Å². The highest BCUT2D eigenvalue weighted by molar-refractivity contribution is 9.10. The van der Waals surface area contributed by atoms with Gasteiger partial charge in [0.15, 0.2) is 0 Å². The van der Waals surface area contributed by atoms with Crippen molar-refractivity contribution < 1.29 is 9.53 Å². The van der Waals surface area contributed by atoms with Crippen LogP contribution in [0.15, 0.2) is 47.2 Å². The Morgan fingerprint density at radius 2 is 2.25 bits per heavy atom. The Morgan fingerprint density at radius 3 is 3.00 bits per heavy atom. The van der Waals surface area contributed by atoms with Gasteiger partial charge in [0.25, 0.3) is 0 Å². The summed E-state index contributed by atoms with van der Waals surface area (Å²) in [4.78, 5) is 15.7. The molecule has 2 rings (SSSR count). The lowest BCUT2D eigenvalue weighted by atomic mass is 10.2. The van der Waals surface area contributed by atoms with Crippen molar-refractivity contribution in [3.63, 3.8) is 0 Å². The molecule has 0 aliphatic carbocycles. The van der Waals surface area contributed by atoms with E-state index in [-0.39, 0.29) is 5.91 Å². The SMILES string of the molecule is Cc1cccc(OCCC(=O)Nc2ccncc2Br)c1. The van der Waals surface area contributed by atoms with E-state index >= 15 is 0 Å². The van der Waals surface area contributed by atoms with Gasteiger partial charge in [-0.3, -0.25) is 9.78 Å². The summed E-state index contributed by atoms with van der Waals surface area (Å²) in [5, 5.41) is 2.80. The number of pyridine rings is 1. The molecular weight excluding hydrogens is 320 g/mol. The summed E-state index contributed by atoms with van der Waals surface area (Å²) in [5.74, 6) is 0.687. The van der Waals surface area contributed by atoms with Gasteiger partial charge in [-0.05, 0) is 46.6 Å². The highest BCUT2D eigenvalue weighted by Gasteiger charge is 2.05. The molecule has 2 aromatic rings. The first-order valence-corrected chi connectivity index (χ1v) is 7.03. The predicted octanol–water partition coefficient (Wildman–Crippen LogP) is 3.56. The van der Waals surface area contributed by atoms with Crippen molar-refractivity contribution in [3.05, 3.63) is 52.8 Å². The fourth-order valence-corrected chi connectivity index (χ4v) is 2.01. The monoisotopic (exact) mass is 334 g/mol. The Hall–Kier alpha value is -1.88. The predicted molar refractivity (Wildman–Crippen MR) is 81.9 cm³/mol. The van der Waals surface area contributed by atoms with Crippen molar-refractivity contribution in [2.45, 2.75) is 13.3 Å². The molecule has 1 amide bonds. The first kappa shape index (κ1) is 14.5. The summed E-state index contributed by atoms with van der Waals surface area (Å²) in [6.45, 7) is 2.35. The molecule has 0 spiro atoms. The number of carbonyl (C=O) groups is 1. The number of hydrogen-bond acceptors (Lipinski definition) is 3. The molecule has 0 bridgehead atoms. The number of carbonyl (C=O) groups excluding carboxylic acids is 1. The number of anilines is 1. The summed E-state index contributed by atoms with van der Waals surface area (Å²) in [6.07, 6.45) is 3.56. The smallest absolute Gasteiger partial charge is 0.227 e. The van der Waals surface area contributed by atoms with Crippen molar-refractivity contribution in [1.82, 2.24) is 4.98 Å². The molecule has 1 aromatic heterocycles. The number of aryl methyl sites for hydroxylation is 1. The number of nitrogens with one attached hydrogen (secondary N) is 1. The fraction of sp³-hybridized carbons (Fsp3) is 0.200. The van der Waals surface area contributed by atoms with Gasteiger partial charge in [-0.15, -0.1) is 0 Å². The van der Waals surface area contributed by atoms with E-state index in [1.165, 1.54) is 0 Å². The zero-order valence-corrected chi connectivity index (χ0v) is 12.7. The Kier molecular flexibility index (Phi) is 5.12. The topological polar surface area (TPSA) is 51.2 Å². The van der Waals surface area contributed by atoms with Gasteiger partial charge in [0.1, 0.15) is 5.75 Å². The van der Waals surface area contributed by atoms with E-state index in [0.29, 0.717) is 18.7 Å². The summed E-state index contributed by atoms with van der Waals surface area (Å²) in [5.41, 5.74) is 1.84. The minimum absolute atomic E-state index is 0.0930. The Balaban J connectivity index is 1.80. The van der Waals surface area contributed by atoms with Gasteiger partial charge < -0.3 is 10.1 Å². The highest BCUT2D eigenvalue weighted by atomic mass is 79.9. The van der Waals surface area contributed by atoms with E-state index in [9.17, 15) is 4.79 Å². The number of hydrogen-bond donors (Lipinski definition) is 1. The average Bonchev–Trinajstić information content (AvgIpc) is 2.41. The maximum absolute atomic E-state index is 11.8. The third-order valence-corrected chi connectivity index (χ3v) is 3.27. The maximum Gasteiger partial charge on any atom is 0.227 e. The van der Waals surface area contributed by atoms with Crippen LogP contribution < -0.4 is 10.1 Å².